The van der Waals surface area contributed by atoms with E-state index in [4.69, 9.17) is 0 Å². The minimum atomic E-state index is -0.0155. The fourth-order valence-electron chi connectivity index (χ4n) is 1.16. The lowest BCUT2D eigenvalue weighted by Crippen LogP contribution is -2.38. The summed E-state index contributed by atoms with van der Waals surface area (Å²) < 4.78 is 0. The molecule has 0 aromatic rings. The van der Waals surface area contributed by atoms with Gasteiger partial charge in [0.25, 0.3) is 0 Å². The average molecular weight is 352 g/mol. The van der Waals surface area contributed by atoms with Crippen LogP contribution < -0.4 is 16.0 Å². The van der Waals surface area contributed by atoms with Crippen molar-refractivity contribution in [3.8, 4) is 0 Å². The Morgan fingerprint density at radius 2 is 2.18 bits per heavy atom. The van der Waals surface area contributed by atoms with E-state index < -0.39 is 0 Å². The SMILES string of the molecule is C=CCNC(=NCC(=O)NC1CC1)NCC.I. The van der Waals surface area contributed by atoms with Crippen LogP contribution in [0.2, 0.25) is 0 Å². The molecular formula is C11H21IN4O. The summed E-state index contributed by atoms with van der Waals surface area (Å²) in [4.78, 5) is 15.5. The van der Waals surface area contributed by atoms with E-state index in [1.165, 1.54) is 0 Å². The van der Waals surface area contributed by atoms with E-state index in [0.717, 1.165) is 19.4 Å². The number of nitrogens with one attached hydrogen (secondary N) is 3. The molecule has 1 aliphatic rings. The minimum absolute atomic E-state index is 0. The second kappa shape index (κ2) is 9.26. The van der Waals surface area contributed by atoms with E-state index in [2.05, 4.69) is 27.5 Å². The molecule has 98 valence electrons. The molecule has 1 fully saturated rings. The van der Waals surface area contributed by atoms with Crippen LogP contribution in [0.3, 0.4) is 0 Å². The van der Waals surface area contributed by atoms with Crippen LogP contribution in [0.4, 0.5) is 0 Å². The second-order valence-corrected chi connectivity index (χ2v) is 3.71. The van der Waals surface area contributed by atoms with Crippen LogP contribution in [-0.2, 0) is 4.79 Å². The number of carbonyl (C=O) groups excluding carboxylic acids is 1. The van der Waals surface area contributed by atoms with Gasteiger partial charge in [0.1, 0.15) is 6.54 Å². The Hall–Kier alpha value is -0.790. The normalized spacial score (nSPS) is 14.5. The van der Waals surface area contributed by atoms with Gasteiger partial charge in [0.15, 0.2) is 5.96 Å². The molecule has 5 nitrogen and oxygen atoms in total. The molecule has 0 spiro atoms. The highest BCUT2D eigenvalue weighted by Gasteiger charge is 2.22. The fraction of sp³-hybridized carbons (Fsp3) is 0.636. The standard InChI is InChI=1S/C11H20N4O.HI/c1-3-7-13-11(12-4-2)14-8-10(16)15-9-5-6-9;/h3,9H,1,4-8H2,2H3,(H,15,16)(H2,12,13,14);1H. The summed E-state index contributed by atoms with van der Waals surface area (Å²) in [7, 11) is 0. The number of carbonyl (C=O) groups is 1. The number of amides is 1. The molecule has 0 saturated heterocycles. The first-order valence-electron chi connectivity index (χ1n) is 5.68. The summed E-state index contributed by atoms with van der Waals surface area (Å²) in [5.41, 5.74) is 0. The third-order valence-corrected chi connectivity index (χ3v) is 2.08. The Balaban J connectivity index is 0.00000256. The monoisotopic (exact) mass is 352 g/mol. The summed E-state index contributed by atoms with van der Waals surface area (Å²) >= 11 is 0. The van der Waals surface area contributed by atoms with Gasteiger partial charge >= 0.3 is 0 Å². The predicted molar refractivity (Wildman–Crippen MR) is 80.8 cm³/mol. The number of hydrogen-bond donors (Lipinski definition) is 3. The van der Waals surface area contributed by atoms with Crippen LogP contribution in [-0.4, -0.2) is 37.5 Å². The molecule has 0 heterocycles. The molecular weight excluding hydrogens is 331 g/mol. The Morgan fingerprint density at radius 3 is 2.71 bits per heavy atom. The first-order valence-corrected chi connectivity index (χ1v) is 5.68. The highest BCUT2D eigenvalue weighted by molar-refractivity contribution is 14.0. The smallest absolute Gasteiger partial charge is 0.242 e. The molecule has 0 aromatic heterocycles. The number of halogens is 1. The molecule has 1 aliphatic carbocycles. The fourth-order valence-corrected chi connectivity index (χ4v) is 1.16. The molecule has 1 rings (SSSR count). The zero-order valence-electron chi connectivity index (χ0n) is 10.2. The van der Waals surface area contributed by atoms with Gasteiger partial charge in [-0.3, -0.25) is 4.79 Å². The van der Waals surface area contributed by atoms with Gasteiger partial charge in [0.05, 0.1) is 0 Å². The molecule has 0 unspecified atom stereocenters. The summed E-state index contributed by atoms with van der Waals surface area (Å²) in [6.45, 7) is 7.17. The molecule has 1 amide bonds. The molecule has 0 aromatic carbocycles. The Labute approximate surface area is 120 Å². The van der Waals surface area contributed by atoms with Gasteiger partial charge in [-0.05, 0) is 19.8 Å². The van der Waals surface area contributed by atoms with Crippen molar-refractivity contribution >= 4 is 35.8 Å². The molecule has 3 N–H and O–H groups in total. The molecule has 0 atom stereocenters. The van der Waals surface area contributed by atoms with Crippen molar-refractivity contribution in [3.05, 3.63) is 12.7 Å². The third kappa shape index (κ3) is 8.00. The Morgan fingerprint density at radius 1 is 1.47 bits per heavy atom. The van der Waals surface area contributed by atoms with Gasteiger partial charge in [0, 0.05) is 19.1 Å². The van der Waals surface area contributed by atoms with Crippen LogP contribution in [0, 0.1) is 0 Å². The molecule has 0 bridgehead atoms. The topological polar surface area (TPSA) is 65.5 Å². The summed E-state index contributed by atoms with van der Waals surface area (Å²) in [6, 6.07) is 0.395. The average Bonchev–Trinajstić information content (AvgIpc) is 3.06. The van der Waals surface area contributed by atoms with Crippen molar-refractivity contribution in [2.75, 3.05) is 19.6 Å². The maximum atomic E-state index is 11.4. The lowest BCUT2D eigenvalue weighted by Gasteiger charge is -2.09. The van der Waals surface area contributed by atoms with Gasteiger partial charge in [-0.1, -0.05) is 6.08 Å². The van der Waals surface area contributed by atoms with Crippen molar-refractivity contribution in [1.29, 1.82) is 0 Å². The number of guanidine groups is 1. The van der Waals surface area contributed by atoms with Crippen LogP contribution in [0.15, 0.2) is 17.6 Å². The largest absolute Gasteiger partial charge is 0.357 e. The van der Waals surface area contributed by atoms with Crippen molar-refractivity contribution < 1.29 is 4.79 Å². The summed E-state index contributed by atoms with van der Waals surface area (Å²) in [5, 5.41) is 8.97. The third-order valence-electron chi connectivity index (χ3n) is 2.08. The highest BCUT2D eigenvalue weighted by atomic mass is 127. The zero-order valence-corrected chi connectivity index (χ0v) is 12.5. The van der Waals surface area contributed by atoms with Gasteiger partial charge in [-0.15, -0.1) is 30.6 Å². The summed E-state index contributed by atoms with van der Waals surface area (Å²) in [6.07, 6.45) is 3.95. The quantitative estimate of drug-likeness (QED) is 0.284. The van der Waals surface area contributed by atoms with Crippen molar-refractivity contribution in [2.24, 2.45) is 4.99 Å². The zero-order chi connectivity index (χ0) is 11.8. The number of hydrogen-bond acceptors (Lipinski definition) is 2. The maximum absolute atomic E-state index is 11.4. The van der Waals surface area contributed by atoms with E-state index in [1.807, 2.05) is 6.92 Å². The molecule has 17 heavy (non-hydrogen) atoms. The van der Waals surface area contributed by atoms with E-state index in [9.17, 15) is 4.79 Å². The Kier molecular flexibility index (Phi) is 8.83. The first kappa shape index (κ1) is 16.2. The maximum Gasteiger partial charge on any atom is 0.242 e. The predicted octanol–water partition coefficient (Wildman–Crippen LogP) is 0.624. The van der Waals surface area contributed by atoms with E-state index in [1.54, 1.807) is 6.08 Å². The van der Waals surface area contributed by atoms with Crippen LogP contribution in [0.1, 0.15) is 19.8 Å². The van der Waals surface area contributed by atoms with Crippen LogP contribution in [0.5, 0.6) is 0 Å². The summed E-state index contributed by atoms with van der Waals surface area (Å²) in [5.74, 6) is 0.631. The van der Waals surface area contributed by atoms with Gasteiger partial charge in [-0.25, -0.2) is 4.99 Å². The van der Waals surface area contributed by atoms with Crippen molar-refractivity contribution in [1.82, 2.24) is 16.0 Å². The Bertz CT molecular complexity index is 277. The molecule has 1 saturated carbocycles. The minimum Gasteiger partial charge on any atom is -0.357 e. The first-order chi connectivity index (χ1) is 7.76. The molecule has 6 heteroatoms. The highest BCUT2D eigenvalue weighted by Crippen LogP contribution is 2.18. The van der Waals surface area contributed by atoms with Crippen LogP contribution >= 0.6 is 24.0 Å². The molecule has 0 radical (unpaired) electrons. The second-order valence-electron chi connectivity index (χ2n) is 3.71. The number of rotatable bonds is 6. The lowest BCUT2D eigenvalue weighted by molar-refractivity contribution is -0.119. The number of aliphatic imine (C=N–C) groups is 1. The van der Waals surface area contributed by atoms with Crippen LogP contribution in [0.25, 0.3) is 0 Å². The van der Waals surface area contributed by atoms with E-state index >= 15 is 0 Å². The van der Waals surface area contributed by atoms with E-state index in [-0.39, 0.29) is 36.4 Å². The van der Waals surface area contributed by atoms with Gasteiger partial charge in [-0.2, -0.15) is 0 Å². The van der Waals surface area contributed by atoms with Crippen molar-refractivity contribution in [2.45, 2.75) is 25.8 Å². The molecule has 0 aliphatic heterocycles. The van der Waals surface area contributed by atoms with E-state index in [0.29, 0.717) is 18.5 Å². The van der Waals surface area contributed by atoms with Crippen molar-refractivity contribution in [3.63, 3.8) is 0 Å². The number of nitrogens with zero attached hydrogens (tertiary/aromatic N) is 1. The van der Waals surface area contributed by atoms with Gasteiger partial charge in [0.2, 0.25) is 5.91 Å². The van der Waals surface area contributed by atoms with Gasteiger partial charge < -0.3 is 16.0 Å². The lowest BCUT2D eigenvalue weighted by atomic mass is 10.5.